The summed E-state index contributed by atoms with van der Waals surface area (Å²) in [4.78, 5) is 20.0. The summed E-state index contributed by atoms with van der Waals surface area (Å²) in [5.41, 5.74) is 0.433. The number of methoxy groups -OCH3 is 2. The van der Waals surface area contributed by atoms with Gasteiger partial charge in [-0.25, -0.2) is 9.59 Å². The van der Waals surface area contributed by atoms with E-state index in [1.807, 2.05) is 0 Å². The Morgan fingerprint density at radius 2 is 1.33 bits per heavy atom. The number of hydrogen-bond donors (Lipinski definition) is 0. The van der Waals surface area contributed by atoms with Crippen molar-refractivity contribution in [2.45, 2.75) is 6.92 Å². The Morgan fingerprint density at radius 1 is 0.944 bits per heavy atom. The first-order valence-corrected chi connectivity index (χ1v) is 5.86. The summed E-state index contributed by atoms with van der Waals surface area (Å²) in [7, 11) is -0.660. The number of carbonyl (C=O) groups is 2. The predicted molar refractivity (Wildman–Crippen MR) is 63.9 cm³/mol. The van der Waals surface area contributed by atoms with E-state index < -0.39 is 21.0 Å². The molecule has 8 heteroatoms. The van der Waals surface area contributed by atoms with E-state index in [0.717, 1.165) is 14.2 Å². The molecule has 0 atom stereocenters. The van der Waals surface area contributed by atoms with Gasteiger partial charge in [0.15, 0.2) is 4.91 Å². The molecule has 0 aromatic rings. The predicted octanol–water partition coefficient (Wildman–Crippen LogP) is 0.385. The first-order valence-electron chi connectivity index (χ1n) is 4.45. The molecule has 0 unspecified atom stereocenters. The normalized spacial score (nSPS) is 9.56. The fourth-order valence-electron chi connectivity index (χ4n) is 0.491. The number of ether oxygens (including phenoxy) is 2. The topological polar surface area (TPSA) is 96.0 Å². The summed E-state index contributed by atoms with van der Waals surface area (Å²) in [6, 6.07) is 0. The van der Waals surface area contributed by atoms with Crippen LogP contribution in [-0.2, 0) is 33.4 Å². The zero-order valence-electron chi connectivity index (χ0n) is 10.7. The van der Waals surface area contributed by atoms with E-state index >= 15 is 0 Å². The van der Waals surface area contributed by atoms with Crippen molar-refractivity contribution in [3.8, 4) is 0 Å². The number of rotatable bonds is 4. The number of carbonyl (C=O) groups excluding carboxylic acids is 2. The molecule has 0 spiro atoms. The Hall–Kier alpha value is -1.67. The fourth-order valence-corrected chi connectivity index (χ4v) is 0.979. The second-order valence-electron chi connectivity index (χ2n) is 2.81. The Kier molecular flexibility index (Phi) is 8.75. The fraction of sp³-hybridized carbons (Fsp3) is 0.400. The van der Waals surface area contributed by atoms with Gasteiger partial charge in [-0.05, 0) is 6.92 Å². The number of esters is 2. The van der Waals surface area contributed by atoms with Crippen LogP contribution >= 0.6 is 0 Å². The van der Waals surface area contributed by atoms with Gasteiger partial charge in [0.1, 0.15) is 0 Å². The van der Waals surface area contributed by atoms with Crippen molar-refractivity contribution >= 4 is 22.1 Å². The van der Waals surface area contributed by atoms with Gasteiger partial charge in [0, 0.05) is 5.57 Å². The van der Waals surface area contributed by atoms with Gasteiger partial charge in [-0.3, -0.25) is 4.18 Å². The van der Waals surface area contributed by atoms with Crippen LogP contribution in [0.5, 0.6) is 0 Å². The maximum atomic E-state index is 10.7. The first kappa shape index (κ1) is 18.7. The highest BCUT2D eigenvalue weighted by Crippen LogP contribution is 2.05. The molecule has 0 radical (unpaired) electrons. The molecule has 0 saturated heterocycles. The second-order valence-corrected chi connectivity index (χ2v) is 4.54. The lowest BCUT2D eigenvalue weighted by molar-refractivity contribution is -0.136. The van der Waals surface area contributed by atoms with Gasteiger partial charge in [-0.2, -0.15) is 8.42 Å². The van der Waals surface area contributed by atoms with E-state index in [0.29, 0.717) is 5.57 Å². The lowest BCUT2D eigenvalue weighted by Gasteiger charge is -2.01. The molecule has 0 saturated carbocycles. The smallest absolute Gasteiger partial charge is 0.351 e. The minimum absolute atomic E-state index is 0.347. The minimum Gasteiger partial charge on any atom is -0.466 e. The monoisotopic (exact) mass is 280 g/mol. The van der Waals surface area contributed by atoms with Crippen molar-refractivity contribution in [2.75, 3.05) is 21.3 Å². The molecule has 0 rings (SSSR count). The zero-order chi connectivity index (χ0) is 14.9. The van der Waals surface area contributed by atoms with Crippen LogP contribution in [0.25, 0.3) is 0 Å². The van der Waals surface area contributed by atoms with Crippen LogP contribution in [0.1, 0.15) is 6.92 Å². The quantitative estimate of drug-likeness (QED) is 0.417. The van der Waals surface area contributed by atoms with Gasteiger partial charge >= 0.3 is 22.1 Å². The van der Waals surface area contributed by atoms with Crippen LogP contribution in [0.3, 0.4) is 0 Å². The largest absolute Gasteiger partial charge is 0.466 e. The van der Waals surface area contributed by atoms with Gasteiger partial charge in [-0.1, -0.05) is 13.2 Å². The Bertz CT molecular complexity index is 433. The molecule has 0 aromatic heterocycles. The third kappa shape index (κ3) is 6.81. The maximum absolute atomic E-state index is 10.7. The SMILES string of the molecule is C=C(C(=O)OC)S(=O)(=O)OC.C=C(C)C(=O)OC. The molecular weight excluding hydrogens is 264 g/mol. The van der Waals surface area contributed by atoms with E-state index in [2.05, 4.69) is 26.8 Å². The van der Waals surface area contributed by atoms with E-state index in [1.165, 1.54) is 7.11 Å². The molecular formula is C10H16O7S. The van der Waals surface area contributed by atoms with Crippen LogP contribution in [0.2, 0.25) is 0 Å². The van der Waals surface area contributed by atoms with Crippen molar-refractivity contribution in [3.63, 3.8) is 0 Å². The molecule has 0 bridgehead atoms. The van der Waals surface area contributed by atoms with Crippen molar-refractivity contribution in [2.24, 2.45) is 0 Å². The summed E-state index contributed by atoms with van der Waals surface area (Å²) in [5, 5.41) is 0. The third-order valence-electron chi connectivity index (χ3n) is 1.47. The van der Waals surface area contributed by atoms with Crippen molar-refractivity contribution < 1.29 is 31.7 Å². The van der Waals surface area contributed by atoms with E-state index in [1.54, 1.807) is 6.92 Å². The average molecular weight is 280 g/mol. The molecule has 0 fully saturated rings. The molecule has 7 nitrogen and oxygen atoms in total. The molecule has 104 valence electrons. The standard InChI is InChI=1S/C5H8O5S.C5H8O2/c1-4(5(6)9-2)11(7,8)10-3;1-4(2)5(6)7-3/h1H2,2-3H3;1H2,2-3H3. The molecule has 0 N–H and O–H groups in total. The van der Waals surface area contributed by atoms with Gasteiger partial charge in [0.05, 0.1) is 21.3 Å². The highest BCUT2D eigenvalue weighted by molar-refractivity contribution is 7.91. The molecule has 0 aliphatic carbocycles. The van der Waals surface area contributed by atoms with Gasteiger partial charge < -0.3 is 9.47 Å². The summed E-state index contributed by atoms with van der Waals surface area (Å²) in [6.07, 6.45) is 0. The molecule has 0 aliphatic rings. The Labute approximate surface area is 106 Å². The number of hydrogen-bond acceptors (Lipinski definition) is 7. The lowest BCUT2D eigenvalue weighted by atomic mass is 10.4. The summed E-state index contributed by atoms with van der Waals surface area (Å²) in [5.74, 6) is -1.37. The highest BCUT2D eigenvalue weighted by atomic mass is 32.2. The van der Waals surface area contributed by atoms with Gasteiger partial charge in [0.2, 0.25) is 0 Å². The lowest BCUT2D eigenvalue weighted by Crippen LogP contribution is -2.14. The van der Waals surface area contributed by atoms with Crippen LogP contribution in [0.4, 0.5) is 0 Å². The van der Waals surface area contributed by atoms with E-state index in [4.69, 9.17) is 0 Å². The third-order valence-corrected chi connectivity index (χ3v) is 2.68. The van der Waals surface area contributed by atoms with Gasteiger partial charge in [-0.15, -0.1) is 0 Å². The van der Waals surface area contributed by atoms with Crippen LogP contribution in [-0.4, -0.2) is 41.7 Å². The van der Waals surface area contributed by atoms with E-state index in [9.17, 15) is 18.0 Å². The molecule has 0 aromatic carbocycles. The van der Waals surface area contributed by atoms with Crippen LogP contribution < -0.4 is 0 Å². The zero-order valence-corrected chi connectivity index (χ0v) is 11.5. The van der Waals surface area contributed by atoms with Crippen LogP contribution in [0, 0.1) is 0 Å². The Morgan fingerprint density at radius 3 is 1.50 bits per heavy atom. The average Bonchev–Trinajstić information content (AvgIpc) is 2.36. The van der Waals surface area contributed by atoms with E-state index in [-0.39, 0.29) is 5.97 Å². The minimum atomic E-state index is -3.98. The van der Waals surface area contributed by atoms with Crippen molar-refractivity contribution in [1.82, 2.24) is 0 Å². The summed E-state index contributed by atoms with van der Waals surface area (Å²) >= 11 is 0. The Balaban J connectivity index is 0. The molecule has 0 amide bonds. The first-order chi connectivity index (χ1) is 8.13. The molecule has 0 aliphatic heterocycles. The maximum Gasteiger partial charge on any atom is 0.351 e. The summed E-state index contributed by atoms with van der Waals surface area (Å²) < 4.78 is 33.7. The molecule has 0 heterocycles. The van der Waals surface area contributed by atoms with Gasteiger partial charge in [0.25, 0.3) is 0 Å². The van der Waals surface area contributed by atoms with Crippen molar-refractivity contribution in [3.05, 3.63) is 23.6 Å². The molecule has 18 heavy (non-hydrogen) atoms. The van der Waals surface area contributed by atoms with Crippen molar-refractivity contribution in [1.29, 1.82) is 0 Å². The second kappa shape index (κ2) is 8.43. The van der Waals surface area contributed by atoms with Crippen LogP contribution in [0.15, 0.2) is 23.6 Å². The highest BCUT2D eigenvalue weighted by Gasteiger charge is 2.22. The summed E-state index contributed by atoms with van der Waals surface area (Å²) in [6.45, 7) is 7.93.